The second-order valence-corrected chi connectivity index (χ2v) is 4.45. The number of aromatic nitrogens is 5. The lowest BCUT2D eigenvalue weighted by Gasteiger charge is -2.04. The van der Waals surface area contributed by atoms with Gasteiger partial charge in [-0.1, -0.05) is 0 Å². The van der Waals surface area contributed by atoms with E-state index in [1.54, 1.807) is 21.9 Å². The molecule has 6 nitrogen and oxygen atoms in total. The summed E-state index contributed by atoms with van der Waals surface area (Å²) in [6.45, 7) is 1.15. The van der Waals surface area contributed by atoms with Crippen LogP contribution < -0.4 is 5.56 Å². The third-order valence-corrected chi connectivity index (χ3v) is 3.36. The van der Waals surface area contributed by atoms with Gasteiger partial charge in [-0.25, -0.2) is 9.97 Å². The number of nitrogens with zero attached hydrogens (tertiary/aromatic N) is 5. The maximum absolute atomic E-state index is 12.0. The Balaban J connectivity index is 1.90. The molecule has 3 heterocycles. The molecule has 0 radical (unpaired) electrons. The van der Waals surface area contributed by atoms with Crippen LogP contribution in [0.3, 0.4) is 0 Å². The second kappa shape index (κ2) is 4.10. The highest BCUT2D eigenvalue weighted by Gasteiger charge is 2.04. The van der Waals surface area contributed by atoms with Gasteiger partial charge in [-0.3, -0.25) is 14.0 Å². The average molecular weight is 247 g/mol. The van der Waals surface area contributed by atoms with E-state index in [-0.39, 0.29) is 5.56 Å². The average Bonchev–Trinajstić information content (AvgIpc) is 2.99. The van der Waals surface area contributed by atoms with E-state index in [1.807, 2.05) is 11.4 Å². The van der Waals surface area contributed by atoms with Crippen molar-refractivity contribution in [3.05, 3.63) is 40.8 Å². The van der Waals surface area contributed by atoms with E-state index < -0.39 is 0 Å². The molecule has 0 fully saturated rings. The van der Waals surface area contributed by atoms with E-state index in [9.17, 15) is 4.79 Å². The van der Waals surface area contributed by atoms with Crippen LogP contribution in [0.25, 0.3) is 10.2 Å². The standard InChI is InChI=1S/C10H9N5OS/c16-10-9-8(1-4-17-9)12-7-14(10)2-3-15-6-11-5-13-15/h1,4-7H,2-3H2. The maximum Gasteiger partial charge on any atom is 0.271 e. The SMILES string of the molecule is O=c1c2sccc2ncn1CCn1cncn1. The van der Waals surface area contributed by atoms with Crippen LogP contribution in [-0.4, -0.2) is 24.3 Å². The van der Waals surface area contributed by atoms with E-state index in [1.165, 1.54) is 17.7 Å². The van der Waals surface area contributed by atoms with Gasteiger partial charge in [0.2, 0.25) is 0 Å². The molecule has 0 aliphatic rings. The summed E-state index contributed by atoms with van der Waals surface area (Å²) in [6, 6.07) is 1.85. The first-order valence-electron chi connectivity index (χ1n) is 5.09. The van der Waals surface area contributed by atoms with Gasteiger partial charge in [-0.05, 0) is 11.4 Å². The maximum atomic E-state index is 12.0. The van der Waals surface area contributed by atoms with E-state index >= 15 is 0 Å². The summed E-state index contributed by atoms with van der Waals surface area (Å²) in [4.78, 5) is 20.1. The number of thiophene rings is 1. The third kappa shape index (κ3) is 1.84. The highest BCUT2D eigenvalue weighted by molar-refractivity contribution is 7.17. The Labute approximate surface area is 100 Å². The van der Waals surface area contributed by atoms with Crippen LogP contribution in [0, 0.1) is 0 Å². The van der Waals surface area contributed by atoms with Gasteiger partial charge < -0.3 is 0 Å². The fourth-order valence-electron chi connectivity index (χ4n) is 1.60. The molecule has 0 amide bonds. The normalized spacial score (nSPS) is 11.1. The van der Waals surface area contributed by atoms with Gasteiger partial charge in [0.15, 0.2) is 0 Å². The van der Waals surface area contributed by atoms with Crippen molar-refractivity contribution in [1.29, 1.82) is 0 Å². The molecule has 0 aromatic carbocycles. The quantitative estimate of drug-likeness (QED) is 0.685. The Hall–Kier alpha value is -2.02. The van der Waals surface area contributed by atoms with E-state index in [0.717, 1.165) is 5.52 Å². The lowest BCUT2D eigenvalue weighted by atomic mass is 10.4. The van der Waals surface area contributed by atoms with Gasteiger partial charge >= 0.3 is 0 Å². The van der Waals surface area contributed by atoms with Crippen LogP contribution >= 0.6 is 11.3 Å². The first-order chi connectivity index (χ1) is 8.34. The van der Waals surface area contributed by atoms with Gasteiger partial charge in [0, 0.05) is 6.54 Å². The van der Waals surface area contributed by atoms with Gasteiger partial charge in [0.05, 0.1) is 18.4 Å². The fraction of sp³-hybridized carbons (Fsp3) is 0.200. The topological polar surface area (TPSA) is 65.6 Å². The number of hydrogen-bond acceptors (Lipinski definition) is 5. The summed E-state index contributed by atoms with van der Waals surface area (Å²) in [5.74, 6) is 0. The summed E-state index contributed by atoms with van der Waals surface area (Å²) in [5, 5.41) is 5.86. The summed E-state index contributed by atoms with van der Waals surface area (Å²) >= 11 is 1.42. The van der Waals surface area contributed by atoms with Crippen molar-refractivity contribution < 1.29 is 0 Å². The number of hydrogen-bond donors (Lipinski definition) is 0. The molecule has 3 aromatic rings. The molecule has 3 aromatic heterocycles. The molecule has 3 rings (SSSR count). The zero-order valence-corrected chi connectivity index (χ0v) is 9.67. The minimum absolute atomic E-state index is 0.00474. The Bertz CT molecular complexity index is 684. The summed E-state index contributed by atoms with van der Waals surface area (Å²) in [7, 11) is 0. The van der Waals surface area contributed by atoms with Crippen molar-refractivity contribution in [3.8, 4) is 0 Å². The van der Waals surface area contributed by atoms with Crippen molar-refractivity contribution in [3.63, 3.8) is 0 Å². The van der Waals surface area contributed by atoms with Crippen LogP contribution in [0.1, 0.15) is 0 Å². The van der Waals surface area contributed by atoms with Crippen molar-refractivity contribution in [2.45, 2.75) is 13.1 Å². The summed E-state index contributed by atoms with van der Waals surface area (Å²) in [6.07, 6.45) is 4.68. The van der Waals surface area contributed by atoms with E-state index in [4.69, 9.17) is 0 Å². The molecular formula is C10H9N5OS. The van der Waals surface area contributed by atoms with Gasteiger partial charge in [0.1, 0.15) is 17.4 Å². The highest BCUT2D eigenvalue weighted by Crippen LogP contribution is 2.12. The molecule has 86 valence electrons. The van der Waals surface area contributed by atoms with Crippen molar-refractivity contribution >= 4 is 21.6 Å². The Morgan fingerprint density at radius 3 is 3.06 bits per heavy atom. The van der Waals surface area contributed by atoms with Crippen LogP contribution in [-0.2, 0) is 13.1 Å². The summed E-state index contributed by atoms with van der Waals surface area (Å²) < 4.78 is 3.98. The molecule has 0 atom stereocenters. The van der Waals surface area contributed by atoms with Crippen molar-refractivity contribution in [1.82, 2.24) is 24.3 Å². The van der Waals surface area contributed by atoms with Crippen molar-refractivity contribution in [2.24, 2.45) is 0 Å². The first kappa shape index (κ1) is 10.2. The van der Waals surface area contributed by atoms with Crippen LogP contribution in [0.4, 0.5) is 0 Å². The third-order valence-electron chi connectivity index (χ3n) is 2.47. The van der Waals surface area contributed by atoms with Crippen LogP contribution in [0.5, 0.6) is 0 Å². The molecule has 0 saturated heterocycles. The Morgan fingerprint density at radius 1 is 1.29 bits per heavy atom. The predicted octanol–water partition coefficient (Wildman–Crippen LogP) is 0.750. The zero-order valence-electron chi connectivity index (χ0n) is 8.85. The van der Waals surface area contributed by atoms with Crippen molar-refractivity contribution in [2.75, 3.05) is 0 Å². The lowest BCUT2D eigenvalue weighted by Crippen LogP contribution is -2.22. The molecule has 0 spiro atoms. The first-order valence-corrected chi connectivity index (χ1v) is 5.97. The minimum Gasteiger partial charge on any atom is -0.296 e. The van der Waals surface area contributed by atoms with Gasteiger partial charge in [-0.2, -0.15) is 5.10 Å². The second-order valence-electron chi connectivity index (χ2n) is 3.54. The monoisotopic (exact) mass is 247 g/mol. The van der Waals surface area contributed by atoms with Gasteiger partial charge in [0.25, 0.3) is 5.56 Å². The molecule has 0 aliphatic carbocycles. The molecule has 0 unspecified atom stereocenters. The van der Waals surface area contributed by atoms with E-state index in [0.29, 0.717) is 17.8 Å². The largest absolute Gasteiger partial charge is 0.296 e. The number of aryl methyl sites for hydroxylation is 2. The Morgan fingerprint density at radius 2 is 2.24 bits per heavy atom. The molecule has 17 heavy (non-hydrogen) atoms. The smallest absolute Gasteiger partial charge is 0.271 e. The molecule has 0 bridgehead atoms. The van der Waals surface area contributed by atoms with E-state index in [2.05, 4.69) is 15.1 Å². The molecular weight excluding hydrogens is 238 g/mol. The lowest BCUT2D eigenvalue weighted by molar-refractivity contribution is 0.521. The Kier molecular flexibility index (Phi) is 2.45. The minimum atomic E-state index is 0.00474. The zero-order chi connectivity index (χ0) is 11.7. The van der Waals surface area contributed by atoms with Crippen LogP contribution in [0.2, 0.25) is 0 Å². The molecule has 0 aliphatic heterocycles. The molecule has 0 N–H and O–H groups in total. The van der Waals surface area contributed by atoms with Gasteiger partial charge in [-0.15, -0.1) is 11.3 Å². The fourth-order valence-corrected chi connectivity index (χ4v) is 2.39. The van der Waals surface area contributed by atoms with Crippen LogP contribution in [0.15, 0.2) is 35.2 Å². The molecule has 0 saturated carbocycles. The number of rotatable bonds is 3. The summed E-state index contributed by atoms with van der Waals surface area (Å²) in [5.41, 5.74) is 0.766. The predicted molar refractivity (Wildman–Crippen MR) is 63.9 cm³/mol. The number of fused-ring (bicyclic) bond motifs is 1. The highest BCUT2D eigenvalue weighted by atomic mass is 32.1. The molecule has 7 heteroatoms.